The molecule has 0 bridgehead atoms. The second-order valence-electron chi connectivity index (χ2n) is 6.71. The van der Waals surface area contributed by atoms with Crippen molar-refractivity contribution >= 4 is 16.7 Å². The Morgan fingerprint density at radius 3 is 2.61 bits per heavy atom. The molecule has 6 heteroatoms. The molecular formula is C22H15N5O. The van der Waals surface area contributed by atoms with E-state index in [0.29, 0.717) is 5.88 Å². The van der Waals surface area contributed by atoms with Crippen molar-refractivity contribution < 1.29 is 4.74 Å². The Bertz CT molecular complexity index is 1240. The van der Waals surface area contributed by atoms with Crippen molar-refractivity contribution in [2.45, 2.75) is 5.92 Å². The average Bonchev–Trinajstić information content (AvgIpc) is 3.16. The maximum atomic E-state index is 9.74. The van der Waals surface area contributed by atoms with Crippen molar-refractivity contribution in [3.63, 3.8) is 0 Å². The van der Waals surface area contributed by atoms with Crippen molar-refractivity contribution in [2.75, 3.05) is 0 Å². The first kappa shape index (κ1) is 16.2. The van der Waals surface area contributed by atoms with E-state index in [1.807, 2.05) is 30.3 Å². The largest absolute Gasteiger partial charge is 0.422 e. The van der Waals surface area contributed by atoms with Crippen LogP contribution in [0.5, 0.6) is 5.88 Å². The first-order chi connectivity index (χ1) is 13.8. The highest BCUT2D eigenvalue weighted by molar-refractivity contribution is 5.90. The molecule has 5 rings (SSSR count). The first-order valence-corrected chi connectivity index (χ1v) is 8.89. The van der Waals surface area contributed by atoms with E-state index in [0.717, 1.165) is 33.2 Å². The summed E-state index contributed by atoms with van der Waals surface area (Å²) in [5.74, 6) is -0.828. The van der Waals surface area contributed by atoms with Crippen molar-refractivity contribution in [1.82, 2.24) is 15.2 Å². The molecule has 2 aromatic heterocycles. The summed E-state index contributed by atoms with van der Waals surface area (Å²) < 4.78 is 5.58. The van der Waals surface area contributed by atoms with Crippen molar-refractivity contribution in [3.8, 4) is 23.2 Å². The molecule has 0 radical (unpaired) electrons. The third kappa shape index (κ3) is 2.45. The number of nitrogens with zero attached hydrogens (tertiary/aromatic N) is 3. The van der Waals surface area contributed by atoms with Gasteiger partial charge >= 0.3 is 0 Å². The normalized spacial score (nSPS) is 18.3. The maximum absolute atomic E-state index is 9.74. The molecule has 0 aliphatic carbocycles. The number of fused-ring (bicyclic) bond motifs is 2. The molecule has 0 saturated carbocycles. The molecule has 134 valence electrons. The van der Waals surface area contributed by atoms with Crippen LogP contribution in [0.2, 0.25) is 0 Å². The molecule has 2 aromatic carbocycles. The summed E-state index contributed by atoms with van der Waals surface area (Å²) in [6, 6.07) is 20.3. The summed E-state index contributed by atoms with van der Waals surface area (Å²) in [7, 11) is 0. The molecule has 1 aliphatic rings. The minimum atomic E-state index is -0.730. The SMILES string of the molecule is N#CC1C(=N)Oc2n[nH]c(-c3ccc4ccccc4c3)c2C1c1ccncc1. The number of pyridine rings is 1. The number of rotatable bonds is 2. The minimum absolute atomic E-state index is 0.0895. The zero-order valence-corrected chi connectivity index (χ0v) is 14.8. The fraction of sp³-hybridized carbons (Fsp3) is 0.0909. The van der Waals surface area contributed by atoms with Gasteiger partial charge in [0.05, 0.1) is 17.3 Å². The van der Waals surface area contributed by atoms with E-state index in [-0.39, 0.29) is 11.8 Å². The lowest BCUT2D eigenvalue weighted by atomic mass is 9.79. The highest BCUT2D eigenvalue weighted by Gasteiger charge is 2.40. The molecule has 3 heterocycles. The fourth-order valence-electron chi connectivity index (χ4n) is 3.81. The van der Waals surface area contributed by atoms with Crippen molar-refractivity contribution in [2.24, 2.45) is 5.92 Å². The minimum Gasteiger partial charge on any atom is -0.422 e. The molecule has 4 aromatic rings. The summed E-state index contributed by atoms with van der Waals surface area (Å²) >= 11 is 0. The van der Waals surface area contributed by atoms with E-state index in [4.69, 9.17) is 10.1 Å². The van der Waals surface area contributed by atoms with Gasteiger partial charge in [-0.25, -0.2) is 0 Å². The van der Waals surface area contributed by atoms with Crippen LogP contribution in [-0.2, 0) is 0 Å². The predicted molar refractivity (Wildman–Crippen MR) is 105 cm³/mol. The molecule has 0 amide bonds. The molecule has 28 heavy (non-hydrogen) atoms. The zero-order chi connectivity index (χ0) is 19.1. The van der Waals surface area contributed by atoms with Gasteiger partial charge in [-0.1, -0.05) is 36.4 Å². The number of H-pyrrole nitrogens is 1. The van der Waals surface area contributed by atoms with Gasteiger partial charge in [-0.05, 0) is 34.5 Å². The van der Waals surface area contributed by atoms with Crippen molar-refractivity contribution in [3.05, 3.63) is 78.1 Å². The van der Waals surface area contributed by atoms with Gasteiger partial charge in [0, 0.05) is 23.9 Å². The number of hydrogen-bond donors (Lipinski definition) is 2. The van der Waals surface area contributed by atoms with Gasteiger partial charge in [0.15, 0.2) is 0 Å². The van der Waals surface area contributed by atoms with Crippen LogP contribution < -0.4 is 4.74 Å². The Balaban J connectivity index is 1.73. The van der Waals surface area contributed by atoms with Crippen LogP contribution in [0, 0.1) is 22.7 Å². The molecule has 0 spiro atoms. The number of benzene rings is 2. The van der Waals surface area contributed by atoms with Gasteiger partial charge in [-0.2, -0.15) is 5.26 Å². The summed E-state index contributed by atoms with van der Waals surface area (Å²) in [6.07, 6.45) is 3.39. The van der Waals surface area contributed by atoms with Gasteiger partial charge < -0.3 is 4.74 Å². The highest BCUT2D eigenvalue weighted by Crippen LogP contribution is 2.45. The van der Waals surface area contributed by atoms with Crippen LogP contribution in [-0.4, -0.2) is 21.1 Å². The summed E-state index contributed by atoms with van der Waals surface area (Å²) in [6.45, 7) is 0. The molecule has 2 N–H and O–H groups in total. The maximum Gasteiger partial charge on any atom is 0.244 e. The van der Waals surface area contributed by atoms with E-state index in [1.54, 1.807) is 12.4 Å². The quantitative estimate of drug-likeness (QED) is 0.554. The van der Waals surface area contributed by atoms with Gasteiger partial charge in [0.1, 0.15) is 5.92 Å². The zero-order valence-electron chi connectivity index (χ0n) is 14.8. The Labute approximate surface area is 160 Å². The monoisotopic (exact) mass is 365 g/mol. The number of aromatic nitrogens is 3. The van der Waals surface area contributed by atoms with Gasteiger partial charge in [-0.3, -0.25) is 15.5 Å². The van der Waals surface area contributed by atoms with E-state index in [2.05, 4.69) is 45.5 Å². The number of aromatic amines is 1. The lowest BCUT2D eigenvalue weighted by Gasteiger charge is -2.28. The second-order valence-corrected chi connectivity index (χ2v) is 6.71. The third-order valence-electron chi connectivity index (χ3n) is 5.14. The first-order valence-electron chi connectivity index (χ1n) is 8.89. The standard InChI is InChI=1S/C22H15N5O/c23-12-17-18(14-7-9-25-10-8-14)19-20(26-27-22(19)28-21(17)24)16-6-5-13-3-1-2-4-15(13)11-16/h1-11,17-18,24H,(H,26,27). The number of nitrogens with one attached hydrogen (secondary N) is 2. The van der Waals surface area contributed by atoms with E-state index in [1.165, 1.54) is 0 Å². The summed E-state index contributed by atoms with van der Waals surface area (Å²) in [5, 5.41) is 27.5. The Kier molecular flexibility index (Phi) is 3.66. The van der Waals surface area contributed by atoms with E-state index < -0.39 is 5.92 Å². The van der Waals surface area contributed by atoms with Crippen LogP contribution in [0.1, 0.15) is 17.0 Å². The lowest BCUT2D eigenvalue weighted by molar-refractivity contribution is 0.437. The summed E-state index contributed by atoms with van der Waals surface area (Å²) in [4.78, 5) is 4.08. The third-order valence-corrected chi connectivity index (χ3v) is 5.14. The lowest BCUT2D eigenvalue weighted by Crippen LogP contribution is -2.30. The average molecular weight is 365 g/mol. The molecule has 2 atom stereocenters. The van der Waals surface area contributed by atoms with Crippen LogP contribution in [0.3, 0.4) is 0 Å². The smallest absolute Gasteiger partial charge is 0.244 e. The van der Waals surface area contributed by atoms with E-state index in [9.17, 15) is 5.26 Å². The van der Waals surface area contributed by atoms with Crippen LogP contribution >= 0.6 is 0 Å². The molecule has 0 fully saturated rings. The predicted octanol–water partition coefficient (Wildman–Crippen LogP) is 4.27. The fourth-order valence-corrected chi connectivity index (χ4v) is 3.81. The van der Waals surface area contributed by atoms with Gasteiger partial charge in [0.2, 0.25) is 11.8 Å². The van der Waals surface area contributed by atoms with Gasteiger partial charge in [0.25, 0.3) is 0 Å². The molecule has 6 nitrogen and oxygen atoms in total. The number of ether oxygens (including phenoxy) is 1. The summed E-state index contributed by atoms with van der Waals surface area (Å²) in [5.41, 5.74) is 3.46. The molecular weight excluding hydrogens is 350 g/mol. The Morgan fingerprint density at radius 1 is 1.04 bits per heavy atom. The second kappa shape index (κ2) is 6.32. The van der Waals surface area contributed by atoms with Crippen LogP contribution in [0.15, 0.2) is 67.0 Å². The van der Waals surface area contributed by atoms with Crippen LogP contribution in [0.25, 0.3) is 22.0 Å². The van der Waals surface area contributed by atoms with Gasteiger partial charge in [-0.15, -0.1) is 5.10 Å². The number of nitriles is 1. The van der Waals surface area contributed by atoms with Crippen molar-refractivity contribution in [1.29, 1.82) is 10.7 Å². The Morgan fingerprint density at radius 2 is 1.82 bits per heavy atom. The highest BCUT2D eigenvalue weighted by atomic mass is 16.5. The number of hydrogen-bond acceptors (Lipinski definition) is 5. The molecule has 1 aliphatic heterocycles. The molecule has 2 unspecified atom stereocenters. The van der Waals surface area contributed by atoms with E-state index >= 15 is 0 Å². The Hall–Kier alpha value is -3.98. The van der Waals surface area contributed by atoms with Crippen LogP contribution in [0.4, 0.5) is 0 Å². The molecule has 0 saturated heterocycles. The topological polar surface area (TPSA) is 98.4 Å².